The topological polar surface area (TPSA) is 81.8 Å². The van der Waals surface area contributed by atoms with Crippen LogP contribution in [-0.4, -0.2) is 42.3 Å². The van der Waals surface area contributed by atoms with Gasteiger partial charge in [0.2, 0.25) is 0 Å². The molecule has 0 radical (unpaired) electrons. The first-order valence-electron chi connectivity index (χ1n) is 8.24. The predicted octanol–water partition coefficient (Wildman–Crippen LogP) is 3.47. The summed E-state index contributed by atoms with van der Waals surface area (Å²) in [6, 6.07) is 10.4. The van der Waals surface area contributed by atoms with Gasteiger partial charge < -0.3 is 26.0 Å². The van der Waals surface area contributed by atoms with E-state index in [1.165, 1.54) is 11.0 Å². The first-order valence-corrected chi connectivity index (χ1v) is 8.62. The van der Waals surface area contributed by atoms with E-state index in [2.05, 4.69) is 5.32 Å². The summed E-state index contributed by atoms with van der Waals surface area (Å²) < 4.78 is 14.4. The number of carbonyl (C=O) groups is 1. The quantitative estimate of drug-likeness (QED) is 0.710. The maximum Gasteiger partial charge on any atom is 0.407 e. The van der Waals surface area contributed by atoms with Crippen LogP contribution >= 0.6 is 11.6 Å². The molecular formula is C18H20ClFN4O2. The van der Waals surface area contributed by atoms with Gasteiger partial charge in [0.1, 0.15) is 5.82 Å². The summed E-state index contributed by atoms with van der Waals surface area (Å²) in [5.41, 5.74) is 8.34. The zero-order chi connectivity index (χ0) is 18.7. The van der Waals surface area contributed by atoms with E-state index in [0.717, 1.165) is 5.56 Å². The van der Waals surface area contributed by atoms with Crippen LogP contribution in [0.5, 0.6) is 0 Å². The Kier molecular flexibility index (Phi) is 5.37. The molecule has 1 saturated heterocycles. The van der Waals surface area contributed by atoms with E-state index >= 15 is 0 Å². The smallest absolute Gasteiger partial charge is 0.407 e. The Morgan fingerprint density at radius 2 is 1.85 bits per heavy atom. The van der Waals surface area contributed by atoms with Crippen molar-refractivity contribution in [3.8, 4) is 0 Å². The number of halogens is 2. The molecule has 138 valence electrons. The third-order valence-electron chi connectivity index (χ3n) is 4.41. The largest absolute Gasteiger partial charge is 0.465 e. The number of nitrogens with two attached hydrogens (primary N) is 1. The summed E-state index contributed by atoms with van der Waals surface area (Å²) in [6.07, 6.45) is -0.951. The number of carboxylic acid groups (broad SMARTS) is 1. The van der Waals surface area contributed by atoms with E-state index in [0.29, 0.717) is 54.8 Å². The molecule has 1 heterocycles. The SMILES string of the molecule is Nc1cc(F)c(N2CCN(C(=O)O)CC2)cc1NCc1ccc(Cl)cc1. The van der Waals surface area contributed by atoms with Crippen LogP contribution in [0.15, 0.2) is 36.4 Å². The lowest BCUT2D eigenvalue weighted by Crippen LogP contribution is -2.48. The van der Waals surface area contributed by atoms with E-state index in [-0.39, 0.29) is 0 Å². The number of rotatable bonds is 4. The fraction of sp³-hybridized carbons (Fsp3) is 0.278. The molecule has 1 amide bonds. The van der Waals surface area contributed by atoms with Gasteiger partial charge in [0, 0.05) is 43.8 Å². The molecule has 0 spiro atoms. The number of hydrogen-bond donors (Lipinski definition) is 3. The highest BCUT2D eigenvalue weighted by atomic mass is 35.5. The minimum atomic E-state index is -0.951. The Morgan fingerprint density at radius 1 is 1.19 bits per heavy atom. The summed E-state index contributed by atoms with van der Waals surface area (Å²) in [7, 11) is 0. The number of piperazine rings is 1. The Hall–Kier alpha value is -2.67. The van der Waals surface area contributed by atoms with E-state index in [4.69, 9.17) is 22.4 Å². The Labute approximate surface area is 156 Å². The molecule has 1 aliphatic rings. The number of nitrogens with zero attached hydrogens (tertiary/aromatic N) is 2. The van der Waals surface area contributed by atoms with Gasteiger partial charge in [-0.15, -0.1) is 0 Å². The number of nitrogen functional groups attached to an aromatic ring is 1. The number of amides is 1. The molecule has 26 heavy (non-hydrogen) atoms. The van der Waals surface area contributed by atoms with Crippen LogP contribution in [0.4, 0.5) is 26.2 Å². The molecule has 2 aromatic carbocycles. The molecule has 3 rings (SSSR count). The van der Waals surface area contributed by atoms with E-state index in [1.54, 1.807) is 18.2 Å². The van der Waals surface area contributed by atoms with Gasteiger partial charge in [-0.2, -0.15) is 0 Å². The highest BCUT2D eigenvalue weighted by Crippen LogP contribution is 2.30. The zero-order valence-electron chi connectivity index (χ0n) is 14.1. The monoisotopic (exact) mass is 378 g/mol. The molecule has 6 nitrogen and oxygen atoms in total. The fourth-order valence-electron chi connectivity index (χ4n) is 2.91. The normalized spacial score (nSPS) is 14.4. The maximum atomic E-state index is 14.4. The van der Waals surface area contributed by atoms with Crippen LogP contribution in [0, 0.1) is 5.82 Å². The lowest BCUT2D eigenvalue weighted by atomic mass is 10.1. The van der Waals surface area contributed by atoms with Crippen molar-refractivity contribution in [1.29, 1.82) is 0 Å². The van der Waals surface area contributed by atoms with Crippen molar-refractivity contribution in [1.82, 2.24) is 4.90 Å². The number of nitrogens with one attached hydrogen (secondary N) is 1. The molecule has 1 fully saturated rings. The van der Waals surface area contributed by atoms with E-state index in [9.17, 15) is 9.18 Å². The molecule has 8 heteroatoms. The van der Waals surface area contributed by atoms with Crippen LogP contribution < -0.4 is 16.0 Å². The highest BCUT2D eigenvalue weighted by Gasteiger charge is 2.23. The highest BCUT2D eigenvalue weighted by molar-refractivity contribution is 6.30. The summed E-state index contributed by atoms with van der Waals surface area (Å²) in [4.78, 5) is 14.2. The molecule has 2 aromatic rings. The molecular weight excluding hydrogens is 359 g/mol. The lowest BCUT2D eigenvalue weighted by molar-refractivity contribution is 0.142. The van der Waals surface area contributed by atoms with Gasteiger partial charge in [0.25, 0.3) is 0 Å². The van der Waals surface area contributed by atoms with Gasteiger partial charge in [0.15, 0.2) is 0 Å². The van der Waals surface area contributed by atoms with Crippen LogP contribution in [0.2, 0.25) is 5.02 Å². The van der Waals surface area contributed by atoms with E-state index in [1.807, 2.05) is 17.0 Å². The van der Waals surface area contributed by atoms with Gasteiger partial charge in [-0.25, -0.2) is 9.18 Å². The van der Waals surface area contributed by atoms with Gasteiger partial charge >= 0.3 is 6.09 Å². The van der Waals surface area contributed by atoms with Crippen molar-refractivity contribution in [2.45, 2.75) is 6.54 Å². The second-order valence-corrected chi connectivity index (χ2v) is 6.56. The Bertz CT molecular complexity index is 793. The minimum absolute atomic E-state index is 0.324. The van der Waals surface area contributed by atoms with Gasteiger partial charge in [-0.05, 0) is 23.8 Å². The molecule has 4 N–H and O–H groups in total. The minimum Gasteiger partial charge on any atom is -0.465 e. The maximum absolute atomic E-state index is 14.4. The number of benzene rings is 2. The third kappa shape index (κ3) is 4.11. The molecule has 0 atom stereocenters. The molecule has 0 saturated carbocycles. The summed E-state index contributed by atoms with van der Waals surface area (Å²) in [5.74, 6) is -0.414. The van der Waals surface area contributed by atoms with Gasteiger partial charge in [0.05, 0.1) is 17.1 Å². The molecule has 0 aliphatic carbocycles. The van der Waals surface area contributed by atoms with Gasteiger partial charge in [-0.1, -0.05) is 23.7 Å². The molecule has 0 aromatic heterocycles. The van der Waals surface area contributed by atoms with Crippen LogP contribution in [-0.2, 0) is 6.54 Å². The van der Waals surface area contributed by atoms with Crippen LogP contribution in [0.1, 0.15) is 5.56 Å². The number of anilines is 3. The Balaban J connectivity index is 1.72. The Morgan fingerprint density at radius 3 is 2.46 bits per heavy atom. The second kappa shape index (κ2) is 7.70. The third-order valence-corrected chi connectivity index (χ3v) is 4.66. The summed E-state index contributed by atoms with van der Waals surface area (Å²) >= 11 is 5.88. The van der Waals surface area contributed by atoms with Gasteiger partial charge in [-0.3, -0.25) is 0 Å². The van der Waals surface area contributed by atoms with Crippen molar-refractivity contribution in [2.24, 2.45) is 0 Å². The van der Waals surface area contributed by atoms with Crippen molar-refractivity contribution in [2.75, 3.05) is 42.1 Å². The second-order valence-electron chi connectivity index (χ2n) is 6.13. The van der Waals surface area contributed by atoms with Crippen LogP contribution in [0.25, 0.3) is 0 Å². The fourth-order valence-corrected chi connectivity index (χ4v) is 3.04. The predicted molar refractivity (Wildman–Crippen MR) is 101 cm³/mol. The average Bonchev–Trinajstić information content (AvgIpc) is 2.62. The standard InChI is InChI=1S/C18H20ClFN4O2/c19-13-3-1-12(2-4-13)11-22-16-10-17(14(20)9-15(16)21)23-5-7-24(8-6-23)18(25)26/h1-4,9-10,22H,5-8,11,21H2,(H,25,26). The van der Waals surface area contributed by atoms with Crippen molar-refractivity contribution >= 4 is 34.8 Å². The van der Waals surface area contributed by atoms with Crippen molar-refractivity contribution in [3.05, 3.63) is 52.8 Å². The summed E-state index contributed by atoms with van der Waals surface area (Å²) in [6.45, 7) is 2.08. The number of hydrogen-bond acceptors (Lipinski definition) is 4. The average molecular weight is 379 g/mol. The first-order chi connectivity index (χ1) is 12.4. The molecule has 0 bridgehead atoms. The van der Waals surface area contributed by atoms with E-state index < -0.39 is 11.9 Å². The summed E-state index contributed by atoms with van der Waals surface area (Å²) in [5, 5.41) is 12.9. The van der Waals surface area contributed by atoms with Crippen LogP contribution in [0.3, 0.4) is 0 Å². The van der Waals surface area contributed by atoms with Crippen molar-refractivity contribution in [3.63, 3.8) is 0 Å². The lowest BCUT2D eigenvalue weighted by Gasteiger charge is -2.35. The molecule has 1 aliphatic heterocycles. The molecule has 0 unspecified atom stereocenters. The van der Waals surface area contributed by atoms with Crippen molar-refractivity contribution < 1.29 is 14.3 Å². The zero-order valence-corrected chi connectivity index (χ0v) is 14.8. The first kappa shape index (κ1) is 18.1.